The van der Waals surface area contributed by atoms with Gasteiger partial charge in [-0.3, -0.25) is 25.0 Å². The van der Waals surface area contributed by atoms with Gasteiger partial charge in [-0.25, -0.2) is 0 Å². The topological polar surface area (TPSA) is 115 Å². The molecule has 1 aliphatic rings. The van der Waals surface area contributed by atoms with Crippen LogP contribution >= 0.6 is 0 Å². The predicted molar refractivity (Wildman–Crippen MR) is 138 cm³/mol. The molecule has 4 aromatic carbocycles. The molecule has 37 heavy (non-hydrogen) atoms. The van der Waals surface area contributed by atoms with Crippen LogP contribution < -0.4 is 5.32 Å². The van der Waals surface area contributed by atoms with Crippen LogP contribution in [0.5, 0.6) is 0 Å². The smallest absolute Gasteiger partial charge is 0.269 e. The first-order chi connectivity index (χ1) is 17.9. The van der Waals surface area contributed by atoms with Crippen LogP contribution in [0, 0.1) is 20.2 Å². The van der Waals surface area contributed by atoms with E-state index in [9.17, 15) is 25.0 Å². The minimum Gasteiger partial charge on any atom is -0.301 e. The number of hydrogen-bond donors (Lipinski definition) is 1. The maximum absolute atomic E-state index is 14.4. The van der Waals surface area contributed by atoms with Crippen molar-refractivity contribution in [3.63, 3.8) is 0 Å². The lowest BCUT2D eigenvalue weighted by Crippen LogP contribution is -2.46. The number of ketones is 1. The van der Waals surface area contributed by atoms with E-state index in [0.717, 1.165) is 11.1 Å². The lowest BCUT2D eigenvalue weighted by Gasteiger charge is -2.42. The largest absolute Gasteiger partial charge is 0.301 e. The van der Waals surface area contributed by atoms with E-state index in [2.05, 4.69) is 5.32 Å². The monoisotopic (exact) mass is 493 g/mol. The average molecular weight is 494 g/mol. The summed E-state index contributed by atoms with van der Waals surface area (Å²) in [5, 5.41) is 26.6. The van der Waals surface area contributed by atoms with E-state index in [1.165, 1.54) is 24.3 Å². The van der Waals surface area contributed by atoms with Crippen molar-refractivity contribution in [1.82, 2.24) is 5.32 Å². The van der Waals surface area contributed by atoms with E-state index < -0.39 is 33.8 Å². The molecule has 0 spiro atoms. The first-order valence-electron chi connectivity index (χ1n) is 11.8. The van der Waals surface area contributed by atoms with Gasteiger partial charge in [0, 0.05) is 36.3 Å². The zero-order chi connectivity index (χ0) is 25.9. The van der Waals surface area contributed by atoms with Gasteiger partial charge in [-0.05, 0) is 22.3 Å². The van der Waals surface area contributed by atoms with Crippen molar-refractivity contribution in [2.24, 2.45) is 0 Å². The van der Waals surface area contributed by atoms with Gasteiger partial charge in [-0.2, -0.15) is 0 Å². The van der Waals surface area contributed by atoms with Crippen LogP contribution in [-0.4, -0.2) is 15.6 Å². The third-order valence-corrected chi connectivity index (χ3v) is 6.84. The number of piperidine rings is 1. The maximum Gasteiger partial charge on any atom is 0.269 e. The number of nitro groups is 2. The van der Waals surface area contributed by atoms with Crippen LogP contribution in [0.1, 0.15) is 46.2 Å². The summed E-state index contributed by atoms with van der Waals surface area (Å²) in [5.74, 6) is -1.34. The molecule has 0 radical (unpaired) electrons. The van der Waals surface area contributed by atoms with Crippen molar-refractivity contribution in [1.29, 1.82) is 0 Å². The molecule has 5 rings (SSSR count). The van der Waals surface area contributed by atoms with Gasteiger partial charge in [0.2, 0.25) is 0 Å². The molecule has 4 aromatic rings. The average Bonchev–Trinajstić information content (AvgIpc) is 2.93. The van der Waals surface area contributed by atoms with Gasteiger partial charge in [0.1, 0.15) is 0 Å². The number of rotatable bonds is 6. The van der Waals surface area contributed by atoms with E-state index in [4.69, 9.17) is 0 Å². The number of nitrogens with zero attached hydrogens (tertiary/aromatic N) is 2. The van der Waals surface area contributed by atoms with Crippen molar-refractivity contribution in [3.05, 3.63) is 152 Å². The van der Waals surface area contributed by atoms with Crippen LogP contribution in [0.2, 0.25) is 0 Å². The summed E-state index contributed by atoms with van der Waals surface area (Å²) in [6, 6.07) is 30.0. The highest BCUT2D eigenvalue weighted by Crippen LogP contribution is 2.47. The fraction of sp³-hybridized carbons (Fsp3) is 0.138. The normalized spacial score (nSPS) is 21.4. The third-order valence-electron chi connectivity index (χ3n) is 6.84. The molecule has 0 bridgehead atoms. The van der Waals surface area contributed by atoms with Gasteiger partial charge in [-0.1, -0.05) is 84.9 Å². The van der Waals surface area contributed by atoms with Crippen molar-refractivity contribution >= 4 is 17.2 Å². The highest BCUT2D eigenvalue weighted by atomic mass is 16.6. The zero-order valence-corrected chi connectivity index (χ0v) is 19.6. The highest BCUT2D eigenvalue weighted by Gasteiger charge is 2.46. The van der Waals surface area contributed by atoms with Crippen LogP contribution in [0.4, 0.5) is 11.4 Å². The number of hydrogen-bond acceptors (Lipinski definition) is 6. The number of Topliss-reactive ketones (excluding diaryl/α,β-unsaturated/α-hetero) is 1. The highest BCUT2D eigenvalue weighted by molar-refractivity contribution is 5.94. The minimum atomic E-state index is -0.636. The fourth-order valence-corrected chi connectivity index (χ4v) is 5.18. The van der Waals surface area contributed by atoms with E-state index in [0.29, 0.717) is 11.1 Å². The first kappa shape index (κ1) is 24.0. The lowest BCUT2D eigenvalue weighted by molar-refractivity contribution is -0.385. The van der Waals surface area contributed by atoms with E-state index in [-0.39, 0.29) is 17.2 Å². The number of carbonyl (C=O) groups excluding carboxylic acids is 1. The molecule has 4 atom stereocenters. The molecule has 1 saturated heterocycles. The summed E-state index contributed by atoms with van der Waals surface area (Å²) >= 11 is 0. The molecule has 1 heterocycles. The molecule has 0 unspecified atom stereocenters. The van der Waals surface area contributed by atoms with Gasteiger partial charge in [0.05, 0.1) is 21.7 Å². The Morgan fingerprint density at radius 2 is 0.919 bits per heavy atom. The molecule has 8 heteroatoms. The molecular formula is C29H23N3O5. The molecule has 0 amide bonds. The first-order valence-corrected chi connectivity index (χ1v) is 11.8. The molecule has 0 aliphatic carbocycles. The Morgan fingerprint density at radius 3 is 1.30 bits per heavy atom. The Bertz CT molecular complexity index is 1350. The maximum atomic E-state index is 14.4. The predicted octanol–water partition coefficient (Wildman–Crippen LogP) is 6.03. The molecular weight excluding hydrogens is 470 g/mol. The molecule has 0 saturated carbocycles. The Kier molecular flexibility index (Phi) is 6.57. The van der Waals surface area contributed by atoms with Crippen molar-refractivity contribution < 1.29 is 14.6 Å². The van der Waals surface area contributed by atoms with Crippen molar-refractivity contribution in [2.45, 2.75) is 23.9 Å². The molecule has 1 aliphatic heterocycles. The van der Waals surface area contributed by atoms with Gasteiger partial charge < -0.3 is 5.32 Å². The second-order valence-corrected chi connectivity index (χ2v) is 9.01. The minimum absolute atomic E-state index is 0.0656. The Balaban J connectivity index is 1.70. The summed E-state index contributed by atoms with van der Waals surface area (Å²) in [5.41, 5.74) is 2.62. The molecule has 0 aromatic heterocycles. The summed E-state index contributed by atoms with van der Waals surface area (Å²) in [7, 11) is 0. The fourth-order valence-electron chi connectivity index (χ4n) is 5.18. The summed E-state index contributed by atoms with van der Waals surface area (Å²) in [4.78, 5) is 36.6. The lowest BCUT2D eigenvalue weighted by atomic mass is 9.70. The number of carbonyl (C=O) groups is 1. The number of benzene rings is 4. The van der Waals surface area contributed by atoms with Gasteiger partial charge in [0.15, 0.2) is 5.78 Å². The second-order valence-electron chi connectivity index (χ2n) is 9.01. The quantitative estimate of drug-likeness (QED) is 0.259. The number of non-ortho nitro benzene ring substituents is 2. The molecule has 8 nitrogen and oxygen atoms in total. The Hall–Kier alpha value is -4.69. The van der Waals surface area contributed by atoms with Crippen LogP contribution in [0.3, 0.4) is 0 Å². The standard InChI is InChI=1S/C29H23N3O5/c33-29-25(19-9-3-1-4-10-19)27(21-13-7-15-23(17-21)31(34)35)30-28(26(29)20-11-5-2-6-12-20)22-14-8-16-24(18-22)32(36)37/h1-18,25-28,30H/t25-,26+,27-,28-/m0/s1. The van der Waals surface area contributed by atoms with E-state index >= 15 is 0 Å². The Morgan fingerprint density at radius 1 is 0.541 bits per heavy atom. The van der Waals surface area contributed by atoms with Crippen LogP contribution in [0.25, 0.3) is 0 Å². The Labute approximate surface area is 212 Å². The van der Waals surface area contributed by atoms with Crippen molar-refractivity contribution in [2.75, 3.05) is 0 Å². The van der Waals surface area contributed by atoms with E-state index in [1.807, 2.05) is 60.7 Å². The van der Waals surface area contributed by atoms with Gasteiger partial charge in [-0.15, -0.1) is 0 Å². The van der Waals surface area contributed by atoms with Crippen molar-refractivity contribution in [3.8, 4) is 0 Å². The van der Waals surface area contributed by atoms with Crippen LogP contribution in [0.15, 0.2) is 109 Å². The van der Waals surface area contributed by atoms with Gasteiger partial charge in [0.25, 0.3) is 11.4 Å². The summed E-state index contributed by atoms with van der Waals surface area (Å²) in [6.45, 7) is 0. The molecule has 1 N–H and O–H groups in total. The number of nitro benzene ring substituents is 2. The van der Waals surface area contributed by atoms with Crippen LogP contribution in [-0.2, 0) is 4.79 Å². The van der Waals surface area contributed by atoms with Gasteiger partial charge >= 0.3 is 0 Å². The molecule has 1 fully saturated rings. The summed E-state index contributed by atoms with van der Waals surface area (Å²) < 4.78 is 0. The number of nitrogens with one attached hydrogen (secondary N) is 1. The second kappa shape index (κ2) is 10.1. The molecule has 184 valence electrons. The third kappa shape index (κ3) is 4.74. The van der Waals surface area contributed by atoms with E-state index in [1.54, 1.807) is 24.3 Å². The zero-order valence-electron chi connectivity index (χ0n) is 19.6. The SMILES string of the molecule is O=C1[C@H](c2ccccc2)[C@H](c2cccc([N+](=O)[O-])c2)N[C@@H](c2cccc([N+](=O)[O-])c2)[C@@H]1c1ccccc1. The summed E-state index contributed by atoms with van der Waals surface area (Å²) in [6.07, 6.45) is 0.